The predicted molar refractivity (Wildman–Crippen MR) is 143 cm³/mol. The third kappa shape index (κ3) is 4.01. The molecule has 0 bridgehead atoms. The monoisotopic (exact) mass is 516 g/mol. The van der Waals surface area contributed by atoms with Gasteiger partial charge in [-0.15, -0.1) is 0 Å². The first-order valence-corrected chi connectivity index (χ1v) is 13.3. The fourth-order valence-electron chi connectivity index (χ4n) is 6.08. The summed E-state index contributed by atoms with van der Waals surface area (Å²) in [5.74, 6) is -0.105. The largest absolute Gasteiger partial charge is 0.458 e. The molecule has 0 spiro atoms. The highest BCUT2D eigenvalue weighted by molar-refractivity contribution is 6.02. The van der Waals surface area contributed by atoms with Gasteiger partial charge in [0.2, 0.25) is 0 Å². The molecule has 5 heterocycles. The number of rotatable bonds is 6. The Labute approximate surface area is 220 Å². The molecule has 2 atom stereocenters. The number of para-hydroxylation sites is 1. The molecule has 9 heteroatoms. The summed E-state index contributed by atoms with van der Waals surface area (Å²) in [5, 5.41) is 16.4. The van der Waals surface area contributed by atoms with Crippen LogP contribution in [-0.2, 0) is 33.1 Å². The molecule has 1 unspecified atom stereocenters. The minimum absolute atomic E-state index is 0.103. The Morgan fingerprint density at radius 3 is 2.95 bits per heavy atom. The molecule has 3 aromatic rings. The Morgan fingerprint density at radius 1 is 1.29 bits per heavy atom. The van der Waals surface area contributed by atoms with Crippen molar-refractivity contribution in [1.82, 2.24) is 14.5 Å². The summed E-state index contributed by atoms with van der Waals surface area (Å²) in [6, 6.07) is 9.51. The number of aromatic nitrogens is 2. The topological polar surface area (TPSA) is 106 Å². The zero-order valence-corrected chi connectivity index (χ0v) is 21.8. The third-order valence-corrected chi connectivity index (χ3v) is 8.23. The van der Waals surface area contributed by atoms with Crippen molar-refractivity contribution in [1.29, 1.82) is 0 Å². The molecule has 2 aromatic heterocycles. The van der Waals surface area contributed by atoms with Crippen LogP contribution in [0.3, 0.4) is 0 Å². The van der Waals surface area contributed by atoms with Crippen LogP contribution in [-0.4, -0.2) is 58.5 Å². The number of piperidine rings is 1. The molecule has 0 saturated carbocycles. The lowest BCUT2D eigenvalue weighted by Crippen LogP contribution is -2.44. The van der Waals surface area contributed by atoms with Crippen molar-refractivity contribution < 1.29 is 19.5 Å². The fourth-order valence-corrected chi connectivity index (χ4v) is 6.08. The van der Waals surface area contributed by atoms with E-state index < -0.39 is 11.6 Å². The van der Waals surface area contributed by atoms with Crippen molar-refractivity contribution >= 4 is 23.1 Å². The predicted octanol–water partition coefficient (Wildman–Crippen LogP) is 3.16. The number of carbonyl (C=O) groups is 1. The van der Waals surface area contributed by atoms with Gasteiger partial charge in [0.25, 0.3) is 5.56 Å². The lowest BCUT2D eigenvalue weighted by atomic mass is 9.86. The van der Waals surface area contributed by atoms with Gasteiger partial charge in [0.05, 0.1) is 35.2 Å². The zero-order chi connectivity index (χ0) is 26.4. The number of oxime groups is 1. The van der Waals surface area contributed by atoms with Crippen molar-refractivity contribution in [2.45, 2.75) is 51.4 Å². The third-order valence-electron chi connectivity index (χ3n) is 8.23. The molecule has 6 rings (SSSR count). The van der Waals surface area contributed by atoms with E-state index in [1.54, 1.807) is 23.8 Å². The Bertz CT molecular complexity index is 1510. The number of carbonyl (C=O) groups excluding carboxylic acids is 1. The number of nitrogens with zero attached hydrogens (tertiary/aromatic N) is 4. The van der Waals surface area contributed by atoms with Gasteiger partial charge in [-0.25, -0.2) is 9.78 Å². The van der Waals surface area contributed by atoms with Gasteiger partial charge >= 0.3 is 5.97 Å². The molecule has 0 amide bonds. The van der Waals surface area contributed by atoms with Crippen LogP contribution < -0.4 is 5.56 Å². The lowest BCUT2D eigenvalue weighted by molar-refractivity contribution is -0.172. The second-order valence-electron chi connectivity index (χ2n) is 10.6. The highest BCUT2D eigenvalue weighted by Crippen LogP contribution is 2.39. The van der Waals surface area contributed by atoms with Gasteiger partial charge in [0.15, 0.2) is 5.60 Å². The first kappa shape index (κ1) is 24.8. The van der Waals surface area contributed by atoms with E-state index in [1.807, 2.05) is 24.3 Å². The molecule has 0 aliphatic carbocycles. The van der Waals surface area contributed by atoms with Gasteiger partial charge in [-0.3, -0.25) is 4.79 Å². The molecule has 1 fully saturated rings. The normalized spacial score (nSPS) is 22.8. The van der Waals surface area contributed by atoms with E-state index in [9.17, 15) is 14.7 Å². The maximum atomic E-state index is 13.5. The minimum Gasteiger partial charge on any atom is -0.458 e. The number of hydrogen-bond donors (Lipinski definition) is 1. The van der Waals surface area contributed by atoms with Crippen LogP contribution in [0.25, 0.3) is 22.3 Å². The summed E-state index contributed by atoms with van der Waals surface area (Å²) >= 11 is 0. The quantitative estimate of drug-likeness (QED) is 0.182. The second kappa shape index (κ2) is 9.63. The van der Waals surface area contributed by atoms with Crippen LogP contribution in [0.1, 0.15) is 54.9 Å². The van der Waals surface area contributed by atoms with Crippen LogP contribution in [0.2, 0.25) is 0 Å². The van der Waals surface area contributed by atoms with Crippen LogP contribution in [0.15, 0.2) is 40.3 Å². The zero-order valence-electron chi connectivity index (χ0n) is 21.8. The summed E-state index contributed by atoms with van der Waals surface area (Å²) in [6.07, 6.45) is 5.23. The Kier molecular flexibility index (Phi) is 6.28. The summed E-state index contributed by atoms with van der Waals surface area (Å²) < 4.78 is 6.82. The first-order valence-electron chi connectivity index (χ1n) is 13.3. The molecule has 198 valence electrons. The maximum absolute atomic E-state index is 13.5. The molecule has 38 heavy (non-hydrogen) atoms. The molecule has 1 saturated heterocycles. The Morgan fingerprint density at radius 2 is 2.13 bits per heavy atom. The molecular weight excluding hydrogens is 484 g/mol. The molecule has 9 nitrogen and oxygen atoms in total. The number of pyridine rings is 2. The highest BCUT2D eigenvalue weighted by Gasteiger charge is 2.45. The second-order valence-corrected chi connectivity index (χ2v) is 10.6. The van der Waals surface area contributed by atoms with E-state index in [1.165, 1.54) is 12.8 Å². The smallest absolute Gasteiger partial charge is 0.343 e. The van der Waals surface area contributed by atoms with E-state index >= 15 is 0 Å². The SMILES string of the molecule is CC[C@@]1(O)C(=O)OCc2c1cc1n(c2=O)Cc2c-1nc1ccccc1c2/C=N/OCCC1CCCN(C)C1. The van der Waals surface area contributed by atoms with Crippen LogP contribution in [0.4, 0.5) is 0 Å². The summed E-state index contributed by atoms with van der Waals surface area (Å²) in [4.78, 5) is 38.9. The molecule has 3 aliphatic rings. The van der Waals surface area contributed by atoms with E-state index in [-0.39, 0.29) is 18.6 Å². The Hall–Kier alpha value is -3.56. The van der Waals surface area contributed by atoms with E-state index in [0.717, 1.165) is 41.5 Å². The maximum Gasteiger partial charge on any atom is 0.343 e. The number of esters is 1. The fraction of sp³-hybridized carbons (Fsp3) is 0.448. The van der Waals surface area contributed by atoms with E-state index in [4.69, 9.17) is 14.6 Å². The summed E-state index contributed by atoms with van der Waals surface area (Å²) in [5.41, 5.74) is 2.17. The average Bonchev–Trinajstić information content (AvgIpc) is 3.29. The van der Waals surface area contributed by atoms with Crippen LogP contribution in [0.5, 0.6) is 0 Å². The van der Waals surface area contributed by atoms with Gasteiger partial charge in [-0.2, -0.15) is 0 Å². The molecule has 1 N–H and O–H groups in total. The van der Waals surface area contributed by atoms with Gasteiger partial charge in [-0.05, 0) is 57.3 Å². The molecule has 1 aromatic carbocycles. The summed E-state index contributed by atoms with van der Waals surface area (Å²) in [6.45, 7) is 4.66. The van der Waals surface area contributed by atoms with Crippen molar-refractivity contribution in [3.63, 3.8) is 0 Å². The van der Waals surface area contributed by atoms with Crippen molar-refractivity contribution in [2.75, 3.05) is 26.7 Å². The summed E-state index contributed by atoms with van der Waals surface area (Å²) in [7, 11) is 2.16. The minimum atomic E-state index is -1.85. The molecule has 3 aliphatic heterocycles. The highest BCUT2D eigenvalue weighted by atomic mass is 16.6. The van der Waals surface area contributed by atoms with E-state index in [2.05, 4.69) is 17.1 Å². The number of benzene rings is 1. The average molecular weight is 517 g/mol. The number of likely N-dealkylation sites (tertiary alicyclic amines) is 1. The molecular formula is C29H32N4O5. The first-order chi connectivity index (χ1) is 18.4. The number of fused-ring (bicyclic) bond motifs is 5. The lowest BCUT2D eigenvalue weighted by Gasteiger charge is -2.31. The number of cyclic esters (lactones) is 1. The standard InChI is InChI=1S/C29H32N4O5/c1-3-29(36)23-13-25-26-21(16-33(25)27(34)22(23)17-37-28(29)35)20(19-8-4-5-9-24(19)31-26)14-30-38-12-10-18-7-6-11-32(2)15-18/h4-5,8-9,13-14,18,36H,3,6-7,10-12,15-17H2,1-2H3/b30-14+/t18?,29-/m0/s1. The van der Waals surface area contributed by atoms with Crippen molar-refractivity contribution in [3.8, 4) is 11.4 Å². The van der Waals surface area contributed by atoms with Crippen molar-refractivity contribution in [2.24, 2.45) is 11.1 Å². The van der Waals surface area contributed by atoms with Gasteiger partial charge in [-0.1, -0.05) is 30.3 Å². The Balaban J connectivity index is 1.36. The van der Waals surface area contributed by atoms with Gasteiger partial charge in [0, 0.05) is 28.6 Å². The van der Waals surface area contributed by atoms with Gasteiger partial charge in [0.1, 0.15) is 13.2 Å². The molecule has 0 radical (unpaired) electrons. The van der Waals surface area contributed by atoms with E-state index in [0.29, 0.717) is 41.6 Å². The van der Waals surface area contributed by atoms with Gasteiger partial charge < -0.3 is 24.1 Å². The number of aliphatic hydroxyl groups is 1. The van der Waals surface area contributed by atoms with Crippen molar-refractivity contribution in [3.05, 3.63) is 62.9 Å². The van der Waals surface area contributed by atoms with Crippen LogP contribution >= 0.6 is 0 Å². The number of ether oxygens (including phenoxy) is 1. The van der Waals surface area contributed by atoms with Crippen LogP contribution in [0, 0.1) is 5.92 Å². The number of hydrogen-bond acceptors (Lipinski definition) is 8.